The molecule has 17 heavy (non-hydrogen) atoms. The number of nitrogens with zero attached hydrogens (tertiary/aromatic N) is 2. The molecular weight excluding hydrogens is 212 g/mol. The highest BCUT2D eigenvalue weighted by Gasteiger charge is 2.25. The van der Waals surface area contributed by atoms with Gasteiger partial charge >= 0.3 is 0 Å². The maximum absolute atomic E-state index is 12.3. The van der Waals surface area contributed by atoms with Gasteiger partial charge in [-0.25, -0.2) is 0 Å². The van der Waals surface area contributed by atoms with Crippen molar-refractivity contribution in [2.24, 2.45) is 0 Å². The van der Waals surface area contributed by atoms with Crippen LogP contribution in [0.3, 0.4) is 0 Å². The Balaban J connectivity index is 1.95. The van der Waals surface area contributed by atoms with Gasteiger partial charge in [0.1, 0.15) is 5.69 Å². The summed E-state index contributed by atoms with van der Waals surface area (Å²) >= 11 is 0. The smallest absolute Gasteiger partial charge is 0.276 e. The predicted octanol–water partition coefficient (Wildman–Crippen LogP) is 2.28. The van der Waals surface area contributed by atoms with Crippen molar-refractivity contribution < 1.29 is 4.79 Å². The molecule has 3 rings (SSSR count). The quantitative estimate of drug-likeness (QED) is 0.744. The van der Waals surface area contributed by atoms with Crippen LogP contribution < -0.4 is 4.90 Å². The molecule has 1 aromatic heterocycles. The standard InChI is InChI=1S/C14H12N2O/c17-14(12-6-3-4-9-15-12)16-10-8-11-5-1-2-7-13(11)16/h1-7,9H,8,10H2. The molecule has 84 valence electrons. The van der Waals surface area contributed by atoms with Crippen LogP contribution in [0.25, 0.3) is 0 Å². The third kappa shape index (κ3) is 1.69. The maximum atomic E-state index is 12.3. The average molecular weight is 224 g/mol. The summed E-state index contributed by atoms with van der Waals surface area (Å²) in [6.07, 6.45) is 2.57. The molecular formula is C14H12N2O. The van der Waals surface area contributed by atoms with Crippen molar-refractivity contribution in [2.45, 2.75) is 6.42 Å². The molecule has 0 spiro atoms. The van der Waals surface area contributed by atoms with Crippen molar-refractivity contribution in [1.29, 1.82) is 0 Å². The summed E-state index contributed by atoms with van der Waals surface area (Å²) in [5, 5.41) is 0. The first-order valence-electron chi connectivity index (χ1n) is 5.67. The Morgan fingerprint density at radius 1 is 1.12 bits per heavy atom. The van der Waals surface area contributed by atoms with Crippen molar-refractivity contribution in [3.05, 3.63) is 59.9 Å². The van der Waals surface area contributed by atoms with E-state index in [-0.39, 0.29) is 5.91 Å². The third-order valence-corrected chi connectivity index (χ3v) is 3.02. The predicted molar refractivity (Wildman–Crippen MR) is 66.1 cm³/mol. The number of hydrogen-bond acceptors (Lipinski definition) is 2. The molecule has 3 heteroatoms. The molecule has 1 amide bonds. The molecule has 1 aromatic carbocycles. The number of fused-ring (bicyclic) bond motifs is 1. The van der Waals surface area contributed by atoms with Crippen LogP contribution in [0.4, 0.5) is 5.69 Å². The number of amides is 1. The molecule has 0 aliphatic carbocycles. The van der Waals surface area contributed by atoms with Crippen molar-refractivity contribution in [2.75, 3.05) is 11.4 Å². The molecule has 0 fully saturated rings. The van der Waals surface area contributed by atoms with Gasteiger partial charge in [0, 0.05) is 18.4 Å². The van der Waals surface area contributed by atoms with Crippen LogP contribution in [0.1, 0.15) is 16.1 Å². The van der Waals surface area contributed by atoms with Crippen LogP contribution in [0.15, 0.2) is 48.7 Å². The van der Waals surface area contributed by atoms with Crippen LogP contribution >= 0.6 is 0 Å². The number of hydrogen-bond donors (Lipinski definition) is 0. The van der Waals surface area contributed by atoms with Crippen molar-refractivity contribution in [3.8, 4) is 0 Å². The van der Waals surface area contributed by atoms with E-state index in [1.807, 2.05) is 30.3 Å². The zero-order valence-corrected chi connectivity index (χ0v) is 9.34. The topological polar surface area (TPSA) is 33.2 Å². The van der Waals surface area contributed by atoms with E-state index >= 15 is 0 Å². The fraction of sp³-hybridized carbons (Fsp3) is 0.143. The van der Waals surface area contributed by atoms with E-state index in [1.54, 1.807) is 17.2 Å². The molecule has 1 aliphatic heterocycles. The number of para-hydroxylation sites is 1. The molecule has 2 aromatic rings. The van der Waals surface area contributed by atoms with Crippen molar-refractivity contribution >= 4 is 11.6 Å². The highest BCUT2D eigenvalue weighted by atomic mass is 16.2. The summed E-state index contributed by atoms with van der Waals surface area (Å²) in [6, 6.07) is 13.4. The summed E-state index contributed by atoms with van der Waals surface area (Å²) in [4.78, 5) is 18.2. The van der Waals surface area contributed by atoms with Gasteiger partial charge in [-0.1, -0.05) is 24.3 Å². The van der Waals surface area contributed by atoms with Crippen LogP contribution in [0, 0.1) is 0 Å². The molecule has 1 aliphatic rings. The van der Waals surface area contributed by atoms with Gasteiger partial charge in [-0.15, -0.1) is 0 Å². The highest BCUT2D eigenvalue weighted by Crippen LogP contribution is 2.28. The second-order valence-corrected chi connectivity index (χ2v) is 4.05. The second kappa shape index (κ2) is 4.01. The third-order valence-electron chi connectivity index (χ3n) is 3.02. The molecule has 2 heterocycles. The van der Waals surface area contributed by atoms with Crippen molar-refractivity contribution in [3.63, 3.8) is 0 Å². The van der Waals surface area contributed by atoms with Crippen LogP contribution in [-0.4, -0.2) is 17.4 Å². The van der Waals surface area contributed by atoms with E-state index in [4.69, 9.17) is 0 Å². The lowest BCUT2D eigenvalue weighted by Crippen LogP contribution is -2.29. The van der Waals surface area contributed by atoms with Gasteiger partial charge in [0.05, 0.1) is 0 Å². The molecule has 0 radical (unpaired) electrons. The number of rotatable bonds is 1. The Labute approximate surface area is 99.7 Å². The number of carbonyl (C=O) groups is 1. The van der Waals surface area contributed by atoms with Gasteiger partial charge in [0.25, 0.3) is 5.91 Å². The summed E-state index contributed by atoms with van der Waals surface area (Å²) in [5.74, 6) is -0.0180. The summed E-state index contributed by atoms with van der Waals surface area (Å²) < 4.78 is 0. The highest BCUT2D eigenvalue weighted by molar-refractivity contribution is 6.05. The fourth-order valence-electron chi connectivity index (χ4n) is 2.18. The van der Waals surface area contributed by atoms with Gasteiger partial charge in [-0.05, 0) is 30.2 Å². The van der Waals surface area contributed by atoms with Gasteiger partial charge < -0.3 is 4.90 Å². The zero-order valence-electron chi connectivity index (χ0n) is 9.34. The first-order chi connectivity index (χ1) is 8.36. The normalized spacial score (nSPS) is 13.5. The Morgan fingerprint density at radius 3 is 2.76 bits per heavy atom. The summed E-state index contributed by atoms with van der Waals surface area (Å²) in [7, 11) is 0. The van der Waals surface area contributed by atoms with E-state index in [0.717, 1.165) is 18.7 Å². The van der Waals surface area contributed by atoms with Gasteiger partial charge in [0.2, 0.25) is 0 Å². The van der Waals surface area contributed by atoms with E-state index in [2.05, 4.69) is 11.1 Å². The number of pyridine rings is 1. The number of benzene rings is 1. The summed E-state index contributed by atoms with van der Waals surface area (Å²) in [6.45, 7) is 0.745. The lowest BCUT2D eigenvalue weighted by Gasteiger charge is -2.16. The molecule has 3 nitrogen and oxygen atoms in total. The Morgan fingerprint density at radius 2 is 1.94 bits per heavy atom. The Bertz CT molecular complexity index is 551. The fourth-order valence-corrected chi connectivity index (χ4v) is 2.18. The first kappa shape index (κ1) is 10.0. The van der Waals surface area contributed by atoms with E-state index in [0.29, 0.717) is 5.69 Å². The van der Waals surface area contributed by atoms with E-state index in [1.165, 1.54) is 5.56 Å². The molecule has 0 saturated heterocycles. The zero-order chi connectivity index (χ0) is 11.7. The van der Waals surface area contributed by atoms with Crippen LogP contribution in [0.5, 0.6) is 0 Å². The minimum atomic E-state index is -0.0180. The lowest BCUT2D eigenvalue weighted by molar-refractivity contribution is 0.0984. The minimum absolute atomic E-state index is 0.0180. The SMILES string of the molecule is O=C(c1ccccn1)N1CCc2ccccc21. The number of carbonyl (C=O) groups excluding carboxylic acids is 1. The Hall–Kier alpha value is -2.16. The monoisotopic (exact) mass is 224 g/mol. The van der Waals surface area contributed by atoms with Gasteiger partial charge in [-0.3, -0.25) is 9.78 Å². The molecule has 0 saturated carbocycles. The molecule has 0 unspecified atom stereocenters. The van der Waals surface area contributed by atoms with E-state index < -0.39 is 0 Å². The average Bonchev–Trinajstić information content (AvgIpc) is 2.83. The lowest BCUT2D eigenvalue weighted by atomic mass is 10.2. The van der Waals surface area contributed by atoms with Gasteiger partial charge in [-0.2, -0.15) is 0 Å². The first-order valence-corrected chi connectivity index (χ1v) is 5.67. The minimum Gasteiger partial charge on any atom is -0.306 e. The van der Waals surface area contributed by atoms with Gasteiger partial charge in [0.15, 0.2) is 0 Å². The summed E-state index contributed by atoms with van der Waals surface area (Å²) in [5.41, 5.74) is 2.75. The second-order valence-electron chi connectivity index (χ2n) is 4.05. The van der Waals surface area contributed by atoms with E-state index in [9.17, 15) is 4.79 Å². The number of anilines is 1. The largest absolute Gasteiger partial charge is 0.306 e. The maximum Gasteiger partial charge on any atom is 0.276 e. The van der Waals surface area contributed by atoms with Crippen LogP contribution in [0.2, 0.25) is 0 Å². The van der Waals surface area contributed by atoms with Crippen molar-refractivity contribution in [1.82, 2.24) is 4.98 Å². The number of aromatic nitrogens is 1. The Kier molecular flexibility index (Phi) is 2.37. The molecule has 0 bridgehead atoms. The molecule has 0 atom stereocenters. The van der Waals surface area contributed by atoms with Crippen LogP contribution in [-0.2, 0) is 6.42 Å². The molecule has 0 N–H and O–H groups in total.